The van der Waals surface area contributed by atoms with E-state index in [1.54, 1.807) is 0 Å². The molecule has 0 aliphatic rings. The van der Waals surface area contributed by atoms with E-state index in [4.69, 9.17) is 23.8 Å². The molecule has 114 valence electrons. The van der Waals surface area contributed by atoms with Gasteiger partial charge in [0.15, 0.2) is 5.11 Å². The first-order valence-electron chi connectivity index (χ1n) is 6.90. The predicted octanol–water partition coefficient (Wildman–Crippen LogP) is 4.67. The Kier molecular flexibility index (Phi) is 5.52. The van der Waals surface area contributed by atoms with Crippen molar-refractivity contribution < 1.29 is 0 Å². The van der Waals surface area contributed by atoms with Gasteiger partial charge in [-0.2, -0.15) is 5.10 Å². The van der Waals surface area contributed by atoms with Crippen LogP contribution in [-0.4, -0.2) is 10.8 Å². The molecule has 0 saturated heterocycles. The van der Waals surface area contributed by atoms with Crippen LogP contribution in [0, 0.1) is 13.8 Å². The van der Waals surface area contributed by atoms with E-state index in [2.05, 4.69) is 28.8 Å². The third-order valence-corrected chi connectivity index (χ3v) is 3.66. The van der Waals surface area contributed by atoms with Crippen molar-refractivity contribution in [3.63, 3.8) is 0 Å². The Hall–Kier alpha value is -1.91. The third-order valence-electron chi connectivity index (χ3n) is 3.22. The van der Waals surface area contributed by atoms with Crippen molar-refractivity contribution in [1.29, 1.82) is 0 Å². The Morgan fingerprint density at radius 2 is 1.77 bits per heavy atom. The summed E-state index contributed by atoms with van der Waals surface area (Å²) in [6, 6.07) is 13.7. The number of rotatable bonds is 3. The molecule has 0 fully saturated rings. The number of aryl methyl sites for hydroxylation is 2. The van der Waals surface area contributed by atoms with E-state index >= 15 is 0 Å². The number of hydrogen-bond donors (Lipinski definition) is 2. The van der Waals surface area contributed by atoms with Crippen LogP contribution in [0.4, 0.5) is 5.69 Å². The summed E-state index contributed by atoms with van der Waals surface area (Å²) in [5.41, 5.74) is 8.02. The summed E-state index contributed by atoms with van der Waals surface area (Å²) in [6.45, 7) is 6.02. The fourth-order valence-corrected chi connectivity index (χ4v) is 2.28. The molecule has 2 aromatic rings. The molecule has 2 aromatic carbocycles. The smallest absolute Gasteiger partial charge is 0.191 e. The summed E-state index contributed by atoms with van der Waals surface area (Å²) in [5.74, 6) is 0. The second kappa shape index (κ2) is 7.38. The zero-order valence-corrected chi connectivity index (χ0v) is 14.3. The summed E-state index contributed by atoms with van der Waals surface area (Å²) in [7, 11) is 0. The number of hydrogen-bond acceptors (Lipinski definition) is 2. The highest BCUT2D eigenvalue weighted by molar-refractivity contribution is 7.80. The van der Waals surface area contributed by atoms with Crippen LogP contribution >= 0.6 is 23.8 Å². The summed E-state index contributed by atoms with van der Waals surface area (Å²) < 4.78 is 0. The van der Waals surface area contributed by atoms with Crippen LogP contribution in [0.15, 0.2) is 47.6 Å². The van der Waals surface area contributed by atoms with Crippen molar-refractivity contribution in [1.82, 2.24) is 5.43 Å². The minimum Gasteiger partial charge on any atom is -0.331 e. The third kappa shape index (κ3) is 4.55. The molecule has 5 heteroatoms. The number of nitrogens with zero attached hydrogens (tertiary/aromatic N) is 1. The molecule has 2 N–H and O–H groups in total. The van der Waals surface area contributed by atoms with Crippen LogP contribution in [0.5, 0.6) is 0 Å². The predicted molar refractivity (Wildman–Crippen MR) is 98.9 cm³/mol. The lowest BCUT2D eigenvalue weighted by Gasteiger charge is -2.11. The maximum atomic E-state index is 5.87. The maximum absolute atomic E-state index is 5.87. The highest BCUT2D eigenvalue weighted by Gasteiger charge is 2.02. The number of benzene rings is 2. The van der Waals surface area contributed by atoms with E-state index in [0.29, 0.717) is 10.1 Å². The van der Waals surface area contributed by atoms with Crippen molar-refractivity contribution in [2.45, 2.75) is 20.8 Å². The highest BCUT2D eigenvalue weighted by atomic mass is 35.5. The number of anilines is 1. The average Bonchev–Trinajstić information content (AvgIpc) is 2.48. The van der Waals surface area contributed by atoms with Crippen LogP contribution < -0.4 is 10.7 Å². The topological polar surface area (TPSA) is 36.4 Å². The standard InChI is InChI=1S/C17H18ClN3S/c1-11-4-9-16(12(2)10-11)19-17(22)21-20-13(3)14-5-7-15(18)8-6-14/h4-10H,1-3H3,(H2,19,21,22)/b20-13-. The quantitative estimate of drug-likeness (QED) is 0.487. The van der Waals surface area contributed by atoms with E-state index < -0.39 is 0 Å². The molecule has 22 heavy (non-hydrogen) atoms. The van der Waals surface area contributed by atoms with Gasteiger partial charge in [0.05, 0.1) is 5.71 Å². The maximum Gasteiger partial charge on any atom is 0.191 e. The monoisotopic (exact) mass is 331 g/mol. The second-order valence-electron chi connectivity index (χ2n) is 5.09. The fraction of sp³-hybridized carbons (Fsp3) is 0.176. The highest BCUT2D eigenvalue weighted by Crippen LogP contribution is 2.15. The molecule has 0 spiro atoms. The van der Waals surface area contributed by atoms with E-state index in [9.17, 15) is 0 Å². The number of hydrazone groups is 1. The molecule has 0 atom stereocenters. The van der Waals surface area contributed by atoms with Crippen LogP contribution in [-0.2, 0) is 0 Å². The van der Waals surface area contributed by atoms with Gasteiger partial charge in [-0.25, -0.2) is 0 Å². The van der Waals surface area contributed by atoms with Gasteiger partial charge < -0.3 is 5.32 Å². The lowest BCUT2D eigenvalue weighted by Crippen LogP contribution is -2.25. The molecule has 0 amide bonds. The Morgan fingerprint density at radius 1 is 1.09 bits per heavy atom. The molecule has 0 radical (unpaired) electrons. The van der Waals surface area contributed by atoms with Crippen molar-refractivity contribution in [3.8, 4) is 0 Å². The van der Waals surface area contributed by atoms with Crippen LogP contribution in [0.1, 0.15) is 23.6 Å². The van der Waals surface area contributed by atoms with Gasteiger partial charge in [-0.15, -0.1) is 0 Å². The number of nitrogens with one attached hydrogen (secondary N) is 2. The molecule has 0 aliphatic heterocycles. The molecule has 0 aromatic heterocycles. The van der Waals surface area contributed by atoms with Crippen LogP contribution in [0.2, 0.25) is 5.02 Å². The van der Waals surface area contributed by atoms with Gasteiger partial charge in [-0.3, -0.25) is 5.43 Å². The first kappa shape index (κ1) is 16.5. The average molecular weight is 332 g/mol. The molecule has 0 unspecified atom stereocenters. The van der Waals surface area contributed by atoms with Crippen molar-refractivity contribution in [2.24, 2.45) is 5.10 Å². The molecule has 2 rings (SSSR count). The van der Waals surface area contributed by atoms with Gasteiger partial charge in [0, 0.05) is 10.7 Å². The van der Waals surface area contributed by atoms with Gasteiger partial charge in [0.1, 0.15) is 0 Å². The zero-order valence-electron chi connectivity index (χ0n) is 12.8. The largest absolute Gasteiger partial charge is 0.331 e. The van der Waals surface area contributed by atoms with Crippen LogP contribution in [0.3, 0.4) is 0 Å². The fourth-order valence-electron chi connectivity index (χ4n) is 1.99. The normalized spacial score (nSPS) is 11.2. The van der Waals surface area contributed by atoms with Crippen molar-refractivity contribution >= 4 is 40.3 Å². The molecule has 0 heterocycles. The lowest BCUT2D eigenvalue weighted by molar-refractivity contribution is 1.04. The molecule has 3 nitrogen and oxygen atoms in total. The summed E-state index contributed by atoms with van der Waals surface area (Å²) in [4.78, 5) is 0. The minimum atomic E-state index is 0.459. The van der Waals surface area contributed by atoms with Gasteiger partial charge in [-0.05, 0) is 62.3 Å². The summed E-state index contributed by atoms with van der Waals surface area (Å²) >= 11 is 11.1. The number of halogens is 1. The van der Waals surface area contributed by atoms with Crippen LogP contribution in [0.25, 0.3) is 0 Å². The Balaban J connectivity index is 1.99. The molecule has 0 bridgehead atoms. The van der Waals surface area contributed by atoms with Gasteiger partial charge in [-0.1, -0.05) is 41.4 Å². The Morgan fingerprint density at radius 3 is 2.41 bits per heavy atom. The molecule has 0 saturated carbocycles. The Labute approximate surface area is 141 Å². The lowest BCUT2D eigenvalue weighted by atomic mass is 10.1. The van der Waals surface area contributed by atoms with Crippen molar-refractivity contribution in [3.05, 3.63) is 64.2 Å². The minimum absolute atomic E-state index is 0.459. The molecular weight excluding hydrogens is 314 g/mol. The number of thiocarbonyl (C=S) groups is 1. The van der Waals surface area contributed by atoms with Gasteiger partial charge in [0.2, 0.25) is 0 Å². The molecule has 0 aliphatic carbocycles. The second-order valence-corrected chi connectivity index (χ2v) is 5.93. The van der Waals surface area contributed by atoms with Crippen molar-refractivity contribution in [2.75, 3.05) is 5.32 Å². The van der Waals surface area contributed by atoms with Gasteiger partial charge >= 0.3 is 0 Å². The van der Waals surface area contributed by atoms with E-state index in [1.165, 1.54) is 5.56 Å². The van der Waals surface area contributed by atoms with Gasteiger partial charge in [0.25, 0.3) is 0 Å². The van der Waals surface area contributed by atoms with E-state index in [1.807, 2.05) is 50.2 Å². The zero-order chi connectivity index (χ0) is 16.1. The summed E-state index contributed by atoms with van der Waals surface area (Å²) in [5, 5.41) is 8.60. The summed E-state index contributed by atoms with van der Waals surface area (Å²) in [6.07, 6.45) is 0. The van der Waals surface area contributed by atoms with E-state index in [-0.39, 0.29) is 0 Å². The van der Waals surface area contributed by atoms with E-state index in [0.717, 1.165) is 22.5 Å². The first-order valence-corrected chi connectivity index (χ1v) is 7.69. The SMILES string of the molecule is C/C(=N/NC(=S)Nc1ccc(C)cc1C)c1ccc(Cl)cc1. The Bertz CT molecular complexity index is 708. The molecular formula is C17H18ClN3S. The first-order chi connectivity index (χ1) is 10.5.